The quantitative estimate of drug-likeness (QED) is 0.773. The van der Waals surface area contributed by atoms with Crippen molar-refractivity contribution >= 4 is 22.9 Å². The normalized spacial score (nSPS) is 12.5. The third-order valence-corrected chi connectivity index (χ3v) is 2.53. The molecule has 0 spiro atoms. The first-order chi connectivity index (χ1) is 7.50. The number of aromatic nitrogens is 1. The average Bonchev–Trinajstić information content (AvgIpc) is 2.16. The van der Waals surface area contributed by atoms with Crippen LogP contribution in [0.25, 0.3) is 0 Å². The molecule has 0 radical (unpaired) electrons. The van der Waals surface area contributed by atoms with Crippen LogP contribution in [0.1, 0.15) is 32.8 Å². The first kappa shape index (κ1) is 12.9. The van der Waals surface area contributed by atoms with Crippen molar-refractivity contribution in [3.8, 4) is 0 Å². The fourth-order valence-corrected chi connectivity index (χ4v) is 1.93. The van der Waals surface area contributed by atoms with Gasteiger partial charge < -0.3 is 11.1 Å². The maximum Gasteiger partial charge on any atom is 0.106 e. The van der Waals surface area contributed by atoms with Crippen LogP contribution in [0.4, 0.5) is 5.69 Å². The van der Waals surface area contributed by atoms with Crippen LogP contribution in [-0.4, -0.2) is 16.0 Å². The van der Waals surface area contributed by atoms with E-state index in [2.05, 4.69) is 31.1 Å². The molecule has 1 aromatic heterocycles. The monoisotopic (exact) mass is 237 g/mol. The Balaban J connectivity index is 2.76. The van der Waals surface area contributed by atoms with Crippen molar-refractivity contribution in [2.24, 2.45) is 11.7 Å². The van der Waals surface area contributed by atoms with Gasteiger partial charge in [0, 0.05) is 17.8 Å². The van der Waals surface area contributed by atoms with Gasteiger partial charge in [-0.2, -0.15) is 0 Å². The van der Waals surface area contributed by atoms with E-state index >= 15 is 0 Å². The van der Waals surface area contributed by atoms with Crippen LogP contribution in [0.15, 0.2) is 18.5 Å². The molecule has 0 fully saturated rings. The molecule has 16 heavy (non-hydrogen) atoms. The molecule has 0 amide bonds. The van der Waals surface area contributed by atoms with Gasteiger partial charge in [0.2, 0.25) is 0 Å². The lowest BCUT2D eigenvalue weighted by Crippen LogP contribution is -2.21. The van der Waals surface area contributed by atoms with E-state index in [0.29, 0.717) is 16.9 Å². The summed E-state index contributed by atoms with van der Waals surface area (Å²) in [6, 6.07) is 2.23. The van der Waals surface area contributed by atoms with Crippen molar-refractivity contribution < 1.29 is 0 Å². The van der Waals surface area contributed by atoms with Gasteiger partial charge >= 0.3 is 0 Å². The summed E-state index contributed by atoms with van der Waals surface area (Å²) in [6.07, 6.45) is 4.57. The van der Waals surface area contributed by atoms with Crippen LogP contribution in [0.5, 0.6) is 0 Å². The van der Waals surface area contributed by atoms with Gasteiger partial charge in [-0.25, -0.2) is 0 Å². The van der Waals surface area contributed by atoms with Crippen LogP contribution in [-0.2, 0) is 0 Å². The predicted molar refractivity (Wildman–Crippen MR) is 72.7 cm³/mol. The minimum absolute atomic E-state index is 0.386. The summed E-state index contributed by atoms with van der Waals surface area (Å²) in [5.74, 6) is 0.660. The van der Waals surface area contributed by atoms with Gasteiger partial charge in [0.1, 0.15) is 4.99 Å². The molecule has 1 rings (SSSR count). The molecule has 0 aromatic carbocycles. The van der Waals surface area contributed by atoms with Gasteiger partial charge in [-0.3, -0.25) is 4.98 Å². The van der Waals surface area contributed by atoms with Crippen molar-refractivity contribution in [3.63, 3.8) is 0 Å². The smallest absolute Gasteiger partial charge is 0.106 e. The molecule has 0 bridgehead atoms. The van der Waals surface area contributed by atoms with Crippen molar-refractivity contribution in [2.45, 2.75) is 33.2 Å². The van der Waals surface area contributed by atoms with E-state index in [9.17, 15) is 0 Å². The highest BCUT2D eigenvalue weighted by atomic mass is 32.1. The molecule has 1 atom stereocenters. The summed E-state index contributed by atoms with van der Waals surface area (Å²) < 4.78 is 0. The Bertz CT molecular complexity index is 363. The molecule has 0 aliphatic rings. The SMILES string of the molecule is CC(C)CC(C)Nc1cnccc1C(N)=S. The molecule has 0 aliphatic heterocycles. The second-order valence-electron chi connectivity index (χ2n) is 4.46. The number of rotatable bonds is 5. The second kappa shape index (κ2) is 5.80. The number of thiocarbonyl (C=S) groups is 1. The van der Waals surface area contributed by atoms with E-state index in [1.165, 1.54) is 0 Å². The Kier molecular flexibility index (Phi) is 4.68. The van der Waals surface area contributed by atoms with Crippen LogP contribution in [0, 0.1) is 5.92 Å². The van der Waals surface area contributed by atoms with Gasteiger partial charge in [-0.1, -0.05) is 26.1 Å². The fraction of sp³-hybridized carbons (Fsp3) is 0.500. The summed E-state index contributed by atoms with van der Waals surface area (Å²) in [5.41, 5.74) is 7.44. The fourth-order valence-electron chi connectivity index (χ4n) is 1.76. The zero-order valence-electron chi connectivity index (χ0n) is 10.0. The van der Waals surface area contributed by atoms with Gasteiger partial charge in [-0.15, -0.1) is 0 Å². The summed E-state index contributed by atoms with van der Waals surface area (Å²) >= 11 is 5.00. The number of pyridine rings is 1. The molecule has 1 unspecified atom stereocenters. The number of nitrogens with one attached hydrogen (secondary N) is 1. The van der Waals surface area contributed by atoms with Crippen molar-refractivity contribution in [1.29, 1.82) is 0 Å². The first-order valence-corrected chi connectivity index (χ1v) is 5.92. The average molecular weight is 237 g/mol. The van der Waals surface area contributed by atoms with Gasteiger partial charge in [0.15, 0.2) is 0 Å². The largest absolute Gasteiger partial charge is 0.389 e. The van der Waals surface area contributed by atoms with E-state index < -0.39 is 0 Å². The molecule has 4 heteroatoms. The highest BCUT2D eigenvalue weighted by molar-refractivity contribution is 7.80. The topological polar surface area (TPSA) is 50.9 Å². The standard InChI is InChI=1S/C12H19N3S/c1-8(2)6-9(3)15-11-7-14-5-4-10(11)12(13)16/h4-5,7-9,15H,6H2,1-3H3,(H2,13,16). The highest BCUT2D eigenvalue weighted by Gasteiger charge is 2.09. The Morgan fingerprint density at radius 1 is 1.50 bits per heavy atom. The van der Waals surface area contributed by atoms with E-state index in [1.54, 1.807) is 12.4 Å². The zero-order valence-corrected chi connectivity index (χ0v) is 10.8. The number of hydrogen-bond acceptors (Lipinski definition) is 3. The zero-order chi connectivity index (χ0) is 12.1. The van der Waals surface area contributed by atoms with E-state index in [-0.39, 0.29) is 0 Å². The molecular formula is C12H19N3S. The second-order valence-corrected chi connectivity index (χ2v) is 4.90. The number of anilines is 1. The molecule has 0 saturated heterocycles. The van der Waals surface area contributed by atoms with Gasteiger partial charge in [0.25, 0.3) is 0 Å². The Labute approximate surface area is 102 Å². The molecule has 0 saturated carbocycles. The minimum atomic E-state index is 0.386. The third-order valence-electron chi connectivity index (χ3n) is 2.31. The first-order valence-electron chi connectivity index (χ1n) is 5.51. The lowest BCUT2D eigenvalue weighted by atomic mass is 10.0. The molecule has 3 N–H and O–H groups in total. The highest BCUT2D eigenvalue weighted by Crippen LogP contribution is 2.16. The van der Waals surface area contributed by atoms with Crippen molar-refractivity contribution in [1.82, 2.24) is 4.98 Å². The van der Waals surface area contributed by atoms with Crippen LogP contribution >= 0.6 is 12.2 Å². The molecule has 88 valence electrons. The summed E-state index contributed by atoms with van der Waals surface area (Å²) in [6.45, 7) is 6.56. The number of nitrogens with zero attached hydrogens (tertiary/aromatic N) is 1. The minimum Gasteiger partial charge on any atom is -0.389 e. The third kappa shape index (κ3) is 3.77. The molecular weight excluding hydrogens is 218 g/mol. The van der Waals surface area contributed by atoms with E-state index in [0.717, 1.165) is 17.7 Å². The van der Waals surface area contributed by atoms with E-state index in [4.69, 9.17) is 18.0 Å². The number of hydrogen-bond donors (Lipinski definition) is 2. The maximum absolute atomic E-state index is 5.66. The summed E-state index contributed by atoms with van der Waals surface area (Å²) in [4.78, 5) is 4.49. The Hall–Kier alpha value is -1.16. The summed E-state index contributed by atoms with van der Waals surface area (Å²) in [7, 11) is 0. The van der Waals surface area contributed by atoms with E-state index in [1.807, 2.05) is 6.07 Å². The lowest BCUT2D eigenvalue weighted by Gasteiger charge is -2.18. The van der Waals surface area contributed by atoms with Crippen LogP contribution in [0.3, 0.4) is 0 Å². The maximum atomic E-state index is 5.66. The predicted octanol–water partition coefficient (Wildman–Crippen LogP) is 2.56. The van der Waals surface area contributed by atoms with Crippen LogP contribution in [0.2, 0.25) is 0 Å². The van der Waals surface area contributed by atoms with Crippen LogP contribution < -0.4 is 11.1 Å². The Morgan fingerprint density at radius 3 is 2.75 bits per heavy atom. The van der Waals surface area contributed by atoms with Gasteiger partial charge in [-0.05, 0) is 25.3 Å². The Morgan fingerprint density at radius 2 is 2.19 bits per heavy atom. The summed E-state index contributed by atoms with van der Waals surface area (Å²) in [5, 5.41) is 3.39. The number of nitrogens with two attached hydrogens (primary N) is 1. The van der Waals surface area contributed by atoms with Gasteiger partial charge in [0.05, 0.1) is 11.9 Å². The molecule has 1 heterocycles. The van der Waals surface area contributed by atoms with Crippen molar-refractivity contribution in [2.75, 3.05) is 5.32 Å². The molecule has 1 aromatic rings. The molecule has 0 aliphatic carbocycles. The van der Waals surface area contributed by atoms with Crippen molar-refractivity contribution in [3.05, 3.63) is 24.0 Å². The molecule has 3 nitrogen and oxygen atoms in total. The lowest BCUT2D eigenvalue weighted by molar-refractivity contribution is 0.539.